The second-order valence-electron chi connectivity index (χ2n) is 4.54. The van der Waals surface area contributed by atoms with E-state index in [0.717, 1.165) is 5.69 Å². The molecule has 0 saturated heterocycles. The number of carboxylic acid groups (broad SMARTS) is 1. The van der Waals surface area contributed by atoms with Crippen LogP contribution in [0.1, 0.15) is 0 Å². The van der Waals surface area contributed by atoms with E-state index in [1.807, 2.05) is 0 Å². The molecule has 0 saturated carbocycles. The minimum Gasteiger partial charge on any atom is -0.491 e. The van der Waals surface area contributed by atoms with E-state index in [4.69, 9.17) is 9.84 Å². The predicted molar refractivity (Wildman–Crippen MR) is 85.2 cm³/mol. The third-order valence-electron chi connectivity index (χ3n) is 2.84. The molecule has 0 aliphatic carbocycles. The first kappa shape index (κ1) is 16.1. The normalized spacial score (nSPS) is 9.91. The molecule has 0 aromatic heterocycles. The highest BCUT2D eigenvalue weighted by Gasteiger charge is 2.06. The molecule has 0 aliphatic rings. The van der Waals surface area contributed by atoms with Crippen molar-refractivity contribution >= 4 is 23.2 Å². The van der Waals surface area contributed by atoms with Crippen LogP contribution in [0.3, 0.4) is 0 Å². The monoisotopic (exact) mass is 317 g/mol. The van der Waals surface area contributed by atoms with E-state index in [1.165, 1.54) is 12.1 Å². The van der Waals surface area contributed by atoms with Gasteiger partial charge >= 0.3 is 6.09 Å². The maximum Gasteiger partial charge on any atom is 0.409 e. The van der Waals surface area contributed by atoms with Crippen molar-refractivity contribution in [2.45, 2.75) is 0 Å². The molecular weight excluding hydrogens is 302 g/mol. The van der Waals surface area contributed by atoms with Gasteiger partial charge in [0.2, 0.25) is 0 Å². The number of nitro groups is 1. The van der Waals surface area contributed by atoms with Gasteiger partial charge in [-0.1, -0.05) is 12.1 Å². The third kappa shape index (κ3) is 5.20. The summed E-state index contributed by atoms with van der Waals surface area (Å²) in [6.07, 6.45) is -1.13. The summed E-state index contributed by atoms with van der Waals surface area (Å²) >= 11 is 0. The highest BCUT2D eigenvalue weighted by molar-refractivity contribution is 5.83. The second kappa shape index (κ2) is 7.64. The highest BCUT2D eigenvalue weighted by atomic mass is 16.6. The van der Waals surface area contributed by atoms with Crippen molar-refractivity contribution in [3.05, 3.63) is 58.6 Å². The fourth-order valence-electron chi connectivity index (χ4n) is 1.88. The van der Waals surface area contributed by atoms with Crippen LogP contribution in [0.15, 0.2) is 48.5 Å². The van der Waals surface area contributed by atoms with Gasteiger partial charge in [-0.25, -0.2) is 4.79 Å². The number of non-ortho nitro benzene ring substituents is 1. The van der Waals surface area contributed by atoms with Gasteiger partial charge in [-0.15, -0.1) is 0 Å². The Hall–Kier alpha value is -3.29. The van der Waals surface area contributed by atoms with Gasteiger partial charge in [0.05, 0.1) is 11.0 Å². The zero-order chi connectivity index (χ0) is 16.7. The molecule has 0 heterocycles. The number of amides is 1. The molecule has 23 heavy (non-hydrogen) atoms. The number of nitro benzene ring substituents is 1. The van der Waals surface area contributed by atoms with Gasteiger partial charge in [-0.3, -0.25) is 15.4 Å². The summed E-state index contributed by atoms with van der Waals surface area (Å²) in [5.74, 6) is 0.419. The topological polar surface area (TPSA) is 114 Å². The Labute approximate surface area is 131 Å². The summed E-state index contributed by atoms with van der Waals surface area (Å²) in [5.41, 5.74) is 1.17. The lowest BCUT2D eigenvalue weighted by Crippen LogP contribution is -2.12. The lowest BCUT2D eigenvalue weighted by molar-refractivity contribution is -0.384. The Morgan fingerprint density at radius 1 is 1.17 bits per heavy atom. The molecule has 0 aliphatic heterocycles. The third-order valence-corrected chi connectivity index (χ3v) is 2.84. The molecule has 2 rings (SSSR count). The molecule has 0 fully saturated rings. The van der Waals surface area contributed by atoms with Crippen LogP contribution in [0.4, 0.5) is 21.9 Å². The van der Waals surface area contributed by atoms with Crippen LogP contribution < -0.4 is 15.4 Å². The van der Waals surface area contributed by atoms with Gasteiger partial charge in [-0.2, -0.15) is 0 Å². The summed E-state index contributed by atoms with van der Waals surface area (Å²) < 4.78 is 5.44. The van der Waals surface area contributed by atoms with Crippen LogP contribution in [0, 0.1) is 10.1 Å². The maximum absolute atomic E-state index is 10.7. The van der Waals surface area contributed by atoms with Gasteiger partial charge in [0.25, 0.3) is 5.69 Å². The van der Waals surface area contributed by atoms with Gasteiger partial charge < -0.3 is 15.2 Å². The molecule has 0 bridgehead atoms. The molecular formula is C15H15N3O5. The number of nitrogens with zero attached hydrogens (tertiary/aromatic N) is 1. The van der Waals surface area contributed by atoms with Crippen LogP contribution >= 0.6 is 0 Å². The van der Waals surface area contributed by atoms with E-state index in [-0.39, 0.29) is 5.69 Å². The Kier molecular flexibility index (Phi) is 5.35. The summed E-state index contributed by atoms with van der Waals surface area (Å²) in [4.78, 5) is 20.8. The summed E-state index contributed by atoms with van der Waals surface area (Å²) in [7, 11) is 0. The smallest absolute Gasteiger partial charge is 0.409 e. The maximum atomic E-state index is 10.7. The summed E-state index contributed by atoms with van der Waals surface area (Å²) in [6.45, 7) is 0.761. The molecule has 0 radical (unpaired) electrons. The first-order valence-corrected chi connectivity index (χ1v) is 6.76. The van der Waals surface area contributed by atoms with Crippen molar-refractivity contribution in [1.82, 2.24) is 0 Å². The Morgan fingerprint density at radius 3 is 2.65 bits per heavy atom. The predicted octanol–water partition coefficient (Wildman–Crippen LogP) is 3.18. The van der Waals surface area contributed by atoms with Crippen LogP contribution in [-0.4, -0.2) is 29.3 Å². The van der Waals surface area contributed by atoms with Crippen LogP contribution in [0.2, 0.25) is 0 Å². The zero-order valence-corrected chi connectivity index (χ0v) is 12.1. The molecule has 2 aromatic carbocycles. The SMILES string of the molecule is O=C(O)Nc1cccc(NCCOc2cccc([N+](=O)[O-])c2)c1. The van der Waals surface area contributed by atoms with Crippen molar-refractivity contribution in [2.75, 3.05) is 23.8 Å². The van der Waals surface area contributed by atoms with E-state index in [9.17, 15) is 14.9 Å². The fraction of sp³-hybridized carbons (Fsp3) is 0.133. The van der Waals surface area contributed by atoms with Crippen molar-refractivity contribution in [3.8, 4) is 5.75 Å². The van der Waals surface area contributed by atoms with Crippen LogP contribution in [-0.2, 0) is 0 Å². The molecule has 1 amide bonds. The van der Waals surface area contributed by atoms with Gasteiger partial charge in [0.1, 0.15) is 12.4 Å². The molecule has 120 valence electrons. The molecule has 3 N–H and O–H groups in total. The van der Waals surface area contributed by atoms with Crippen molar-refractivity contribution < 1.29 is 19.6 Å². The number of carbonyl (C=O) groups is 1. The van der Waals surface area contributed by atoms with Crippen molar-refractivity contribution in [1.29, 1.82) is 0 Å². The molecule has 0 spiro atoms. The number of nitrogens with one attached hydrogen (secondary N) is 2. The molecule has 0 unspecified atom stereocenters. The number of hydrogen-bond acceptors (Lipinski definition) is 5. The minimum atomic E-state index is -1.13. The Balaban J connectivity index is 1.82. The largest absolute Gasteiger partial charge is 0.491 e. The first-order valence-electron chi connectivity index (χ1n) is 6.76. The van der Waals surface area contributed by atoms with Crippen molar-refractivity contribution in [3.63, 3.8) is 0 Å². The number of hydrogen-bond donors (Lipinski definition) is 3. The lowest BCUT2D eigenvalue weighted by atomic mass is 10.3. The van der Waals surface area contributed by atoms with E-state index < -0.39 is 11.0 Å². The average molecular weight is 317 g/mol. The highest BCUT2D eigenvalue weighted by Crippen LogP contribution is 2.19. The number of ether oxygens (including phenoxy) is 1. The lowest BCUT2D eigenvalue weighted by Gasteiger charge is -2.09. The summed E-state index contributed by atoms with van der Waals surface area (Å²) in [5, 5.41) is 24.7. The zero-order valence-electron chi connectivity index (χ0n) is 12.1. The molecule has 8 nitrogen and oxygen atoms in total. The second-order valence-corrected chi connectivity index (χ2v) is 4.54. The van der Waals surface area contributed by atoms with E-state index in [2.05, 4.69) is 10.6 Å². The number of rotatable bonds is 7. The van der Waals surface area contributed by atoms with E-state index in [0.29, 0.717) is 24.6 Å². The van der Waals surface area contributed by atoms with E-state index in [1.54, 1.807) is 36.4 Å². The molecule has 8 heteroatoms. The van der Waals surface area contributed by atoms with Crippen LogP contribution in [0.25, 0.3) is 0 Å². The number of benzene rings is 2. The molecule has 2 aromatic rings. The first-order chi connectivity index (χ1) is 11.0. The minimum absolute atomic E-state index is 0.0251. The van der Waals surface area contributed by atoms with Gasteiger partial charge in [0, 0.05) is 24.0 Å². The Bertz CT molecular complexity index is 705. The van der Waals surface area contributed by atoms with Crippen molar-refractivity contribution in [2.24, 2.45) is 0 Å². The average Bonchev–Trinajstić information content (AvgIpc) is 2.51. The number of anilines is 2. The quantitative estimate of drug-likeness (QED) is 0.410. The Morgan fingerprint density at radius 2 is 1.91 bits per heavy atom. The fourth-order valence-corrected chi connectivity index (χ4v) is 1.88. The van der Waals surface area contributed by atoms with Gasteiger partial charge in [-0.05, 0) is 24.3 Å². The van der Waals surface area contributed by atoms with E-state index >= 15 is 0 Å². The van der Waals surface area contributed by atoms with Crippen LogP contribution in [0.5, 0.6) is 5.75 Å². The molecule has 0 atom stereocenters. The van der Waals surface area contributed by atoms with Gasteiger partial charge in [0.15, 0.2) is 0 Å². The standard InChI is InChI=1S/C15H15N3O5/c19-15(20)17-12-4-1-3-11(9-12)16-7-8-23-14-6-2-5-13(10-14)18(21)22/h1-6,9-10,16-17H,7-8H2,(H,19,20). The summed E-state index contributed by atoms with van der Waals surface area (Å²) in [6, 6.07) is 12.8.